The van der Waals surface area contributed by atoms with Crippen molar-refractivity contribution in [2.75, 3.05) is 19.5 Å². The molecule has 3 nitrogen and oxygen atoms in total. The summed E-state index contributed by atoms with van der Waals surface area (Å²) in [6.07, 6.45) is 5.75. The third kappa shape index (κ3) is 2.57. The van der Waals surface area contributed by atoms with Crippen LogP contribution in [-0.4, -0.2) is 14.2 Å². The Kier molecular flexibility index (Phi) is 4.16. The largest absolute Gasteiger partial charge is 0.497 e. The van der Waals surface area contributed by atoms with Crippen molar-refractivity contribution < 1.29 is 9.47 Å². The molecule has 24 heavy (non-hydrogen) atoms. The number of halogens is 1. The van der Waals surface area contributed by atoms with E-state index in [0.29, 0.717) is 11.8 Å². The van der Waals surface area contributed by atoms with Crippen LogP contribution in [0.4, 0.5) is 5.69 Å². The minimum absolute atomic E-state index is 0.211. The van der Waals surface area contributed by atoms with E-state index in [2.05, 4.69) is 64.3 Å². The Morgan fingerprint density at radius 3 is 2.71 bits per heavy atom. The maximum atomic E-state index is 5.64. The fourth-order valence-electron chi connectivity index (χ4n) is 3.96. The van der Waals surface area contributed by atoms with Crippen molar-refractivity contribution in [3.05, 3.63) is 63.2 Å². The van der Waals surface area contributed by atoms with Gasteiger partial charge in [-0.3, -0.25) is 0 Å². The molecule has 1 N–H and O–H groups in total. The van der Waals surface area contributed by atoms with Crippen molar-refractivity contribution in [2.45, 2.75) is 18.4 Å². The Hall–Kier alpha value is -1.69. The summed E-state index contributed by atoms with van der Waals surface area (Å²) >= 11 is 2.39. The van der Waals surface area contributed by atoms with Gasteiger partial charge in [0.05, 0.1) is 20.3 Å². The number of methoxy groups -OCH3 is 2. The van der Waals surface area contributed by atoms with Crippen molar-refractivity contribution in [3.8, 4) is 11.5 Å². The van der Waals surface area contributed by atoms with E-state index in [1.165, 1.54) is 20.4 Å². The molecule has 2 aromatic rings. The summed E-state index contributed by atoms with van der Waals surface area (Å²) in [6.45, 7) is 0. The molecule has 0 radical (unpaired) electrons. The SMILES string of the molecule is COc1ccc(OC)c([C@@H]2Nc3ccc(I)cc3[C@@H]3C=CC[C@H]32)c1. The number of allylic oxidation sites excluding steroid dienone is 2. The Labute approximate surface area is 156 Å². The van der Waals surface area contributed by atoms with E-state index in [1.54, 1.807) is 14.2 Å². The summed E-state index contributed by atoms with van der Waals surface area (Å²) < 4.78 is 12.4. The molecule has 0 spiro atoms. The summed E-state index contributed by atoms with van der Waals surface area (Å²) in [7, 11) is 3.44. The Morgan fingerprint density at radius 2 is 1.92 bits per heavy atom. The number of hydrogen-bond donors (Lipinski definition) is 1. The highest BCUT2D eigenvalue weighted by Gasteiger charge is 2.39. The second-order valence-corrected chi connectivity index (χ2v) is 7.56. The second-order valence-electron chi connectivity index (χ2n) is 6.31. The van der Waals surface area contributed by atoms with E-state index in [0.717, 1.165) is 17.9 Å². The van der Waals surface area contributed by atoms with Crippen molar-refractivity contribution in [1.82, 2.24) is 0 Å². The molecule has 0 unspecified atom stereocenters. The van der Waals surface area contributed by atoms with Crippen molar-refractivity contribution in [1.29, 1.82) is 0 Å². The molecule has 1 aliphatic carbocycles. The molecule has 0 saturated carbocycles. The third-order valence-corrected chi connectivity index (χ3v) is 5.77. The molecule has 0 fully saturated rings. The zero-order valence-corrected chi connectivity index (χ0v) is 15.9. The van der Waals surface area contributed by atoms with Gasteiger partial charge >= 0.3 is 0 Å². The number of nitrogens with one attached hydrogen (secondary N) is 1. The lowest BCUT2D eigenvalue weighted by Gasteiger charge is -2.38. The van der Waals surface area contributed by atoms with Gasteiger partial charge in [-0.1, -0.05) is 12.2 Å². The van der Waals surface area contributed by atoms with E-state index in [-0.39, 0.29) is 6.04 Å². The number of benzene rings is 2. The molecule has 124 valence electrons. The smallest absolute Gasteiger partial charge is 0.124 e. The van der Waals surface area contributed by atoms with E-state index in [4.69, 9.17) is 9.47 Å². The molecule has 1 aliphatic heterocycles. The molecule has 4 rings (SSSR count). The van der Waals surface area contributed by atoms with Crippen LogP contribution in [-0.2, 0) is 0 Å². The number of ether oxygens (including phenoxy) is 2. The molecule has 2 aromatic carbocycles. The molecular formula is C20H20INO2. The van der Waals surface area contributed by atoms with Gasteiger partial charge in [0.2, 0.25) is 0 Å². The maximum Gasteiger partial charge on any atom is 0.124 e. The van der Waals surface area contributed by atoms with E-state index >= 15 is 0 Å². The van der Waals surface area contributed by atoms with Gasteiger partial charge in [-0.25, -0.2) is 0 Å². The van der Waals surface area contributed by atoms with Gasteiger partial charge < -0.3 is 14.8 Å². The molecule has 0 aromatic heterocycles. The Morgan fingerprint density at radius 1 is 1.04 bits per heavy atom. The van der Waals surface area contributed by atoms with Gasteiger partial charge in [0.1, 0.15) is 11.5 Å². The number of hydrogen-bond acceptors (Lipinski definition) is 3. The lowest BCUT2D eigenvalue weighted by molar-refractivity contribution is 0.374. The molecule has 1 heterocycles. The van der Waals surface area contributed by atoms with Gasteiger partial charge in [0.25, 0.3) is 0 Å². The summed E-state index contributed by atoms with van der Waals surface area (Å²) in [5.41, 5.74) is 3.79. The lowest BCUT2D eigenvalue weighted by atomic mass is 9.77. The second kappa shape index (κ2) is 6.31. The first-order chi connectivity index (χ1) is 11.7. The maximum absolute atomic E-state index is 5.64. The third-order valence-electron chi connectivity index (χ3n) is 5.10. The van der Waals surface area contributed by atoms with Gasteiger partial charge in [0, 0.05) is 20.7 Å². The summed E-state index contributed by atoms with van der Waals surface area (Å²) in [5, 5.41) is 3.76. The standard InChI is InChI=1S/C20H20INO2/c1-23-13-7-9-19(24-2)17(11-13)20-15-5-3-4-14(15)16-10-12(21)6-8-18(16)22-20/h3-4,6-11,14-15,20,22H,5H2,1-2H3/t14-,15-,20-/m1/s1. The highest BCUT2D eigenvalue weighted by atomic mass is 127. The molecule has 2 aliphatic rings. The quantitative estimate of drug-likeness (QED) is 0.538. The lowest BCUT2D eigenvalue weighted by Crippen LogP contribution is -2.29. The van der Waals surface area contributed by atoms with Crippen LogP contribution in [0.25, 0.3) is 0 Å². The predicted octanol–water partition coefficient (Wildman–Crippen LogP) is 5.13. The zero-order valence-electron chi connectivity index (χ0n) is 13.8. The van der Waals surface area contributed by atoms with Crippen molar-refractivity contribution in [3.63, 3.8) is 0 Å². The molecule has 3 atom stereocenters. The molecule has 4 heteroatoms. The fourth-order valence-corrected chi connectivity index (χ4v) is 4.47. The summed E-state index contributed by atoms with van der Waals surface area (Å²) in [5.74, 6) is 2.73. The monoisotopic (exact) mass is 433 g/mol. The predicted molar refractivity (Wildman–Crippen MR) is 105 cm³/mol. The minimum Gasteiger partial charge on any atom is -0.497 e. The topological polar surface area (TPSA) is 30.5 Å². The van der Waals surface area contributed by atoms with Gasteiger partial charge in [0.15, 0.2) is 0 Å². The minimum atomic E-state index is 0.211. The first-order valence-electron chi connectivity index (χ1n) is 8.16. The molecule has 0 saturated heterocycles. The van der Waals surface area contributed by atoms with E-state index in [9.17, 15) is 0 Å². The van der Waals surface area contributed by atoms with Crippen LogP contribution in [0.1, 0.15) is 29.5 Å². The highest BCUT2D eigenvalue weighted by molar-refractivity contribution is 14.1. The van der Waals surface area contributed by atoms with Crippen LogP contribution in [0.2, 0.25) is 0 Å². The number of rotatable bonds is 3. The van der Waals surface area contributed by atoms with Gasteiger partial charge in [-0.05, 0) is 76.9 Å². The zero-order chi connectivity index (χ0) is 16.7. The Bertz CT molecular complexity index is 802. The van der Waals surface area contributed by atoms with Crippen LogP contribution >= 0.6 is 22.6 Å². The molecule has 0 amide bonds. The van der Waals surface area contributed by atoms with Crippen LogP contribution in [0.5, 0.6) is 11.5 Å². The Balaban J connectivity index is 1.81. The fraction of sp³-hybridized carbons (Fsp3) is 0.300. The first-order valence-corrected chi connectivity index (χ1v) is 9.23. The average Bonchev–Trinajstić information content (AvgIpc) is 3.10. The normalized spacial score (nSPS) is 24.0. The van der Waals surface area contributed by atoms with Crippen LogP contribution in [0, 0.1) is 9.49 Å². The molecule has 0 bridgehead atoms. The van der Waals surface area contributed by atoms with E-state index < -0.39 is 0 Å². The number of fused-ring (bicyclic) bond motifs is 3. The van der Waals surface area contributed by atoms with Crippen molar-refractivity contribution >= 4 is 28.3 Å². The summed E-state index contributed by atoms with van der Waals surface area (Å²) in [4.78, 5) is 0. The van der Waals surface area contributed by atoms with Gasteiger partial charge in [-0.2, -0.15) is 0 Å². The van der Waals surface area contributed by atoms with E-state index in [1.807, 2.05) is 12.1 Å². The van der Waals surface area contributed by atoms with Crippen molar-refractivity contribution in [2.24, 2.45) is 5.92 Å². The van der Waals surface area contributed by atoms with Crippen LogP contribution in [0.15, 0.2) is 48.6 Å². The molecular weight excluding hydrogens is 413 g/mol. The average molecular weight is 433 g/mol. The first kappa shape index (κ1) is 15.8. The summed E-state index contributed by atoms with van der Waals surface area (Å²) in [6, 6.07) is 12.9. The number of anilines is 1. The highest BCUT2D eigenvalue weighted by Crippen LogP contribution is 2.51. The van der Waals surface area contributed by atoms with Gasteiger partial charge in [-0.15, -0.1) is 0 Å². The van der Waals surface area contributed by atoms with Crippen LogP contribution < -0.4 is 14.8 Å². The van der Waals surface area contributed by atoms with Crippen LogP contribution in [0.3, 0.4) is 0 Å².